The van der Waals surface area contributed by atoms with E-state index in [-0.39, 0.29) is 0 Å². The number of hydrogen-bond donors (Lipinski definition) is 1. The lowest BCUT2D eigenvalue weighted by Gasteiger charge is -2.23. The number of anilines is 1. The third-order valence-electron chi connectivity index (χ3n) is 4.20. The van der Waals surface area contributed by atoms with Crippen molar-refractivity contribution in [3.63, 3.8) is 0 Å². The minimum Gasteiger partial charge on any atom is -0.382 e. The van der Waals surface area contributed by atoms with E-state index in [9.17, 15) is 0 Å². The van der Waals surface area contributed by atoms with E-state index in [1.54, 1.807) is 0 Å². The van der Waals surface area contributed by atoms with Crippen molar-refractivity contribution < 1.29 is 0 Å². The van der Waals surface area contributed by atoms with Crippen molar-refractivity contribution in [2.24, 2.45) is 5.92 Å². The molecule has 1 fully saturated rings. The largest absolute Gasteiger partial charge is 0.382 e. The average molecular weight is 271 g/mol. The predicted molar refractivity (Wildman–Crippen MR) is 84.8 cm³/mol. The minimum atomic E-state index is 0.573. The van der Waals surface area contributed by atoms with Crippen LogP contribution in [0.3, 0.4) is 0 Å². The first-order valence-corrected chi connectivity index (χ1v) is 8.12. The Bertz CT molecular complexity index is 512. The Morgan fingerprint density at radius 2 is 1.89 bits per heavy atom. The van der Waals surface area contributed by atoms with Gasteiger partial charge in [0.1, 0.15) is 0 Å². The highest BCUT2D eigenvalue weighted by Crippen LogP contribution is 2.34. The summed E-state index contributed by atoms with van der Waals surface area (Å²) in [5.41, 5.74) is 2.62. The number of thiophene rings is 1. The summed E-state index contributed by atoms with van der Waals surface area (Å²) in [5.74, 6) is 0.844. The molecule has 19 heavy (non-hydrogen) atoms. The van der Waals surface area contributed by atoms with Gasteiger partial charge >= 0.3 is 0 Å². The summed E-state index contributed by atoms with van der Waals surface area (Å²) in [7, 11) is 0. The normalized spacial score (nSPS) is 17.5. The average Bonchev–Trinajstić information content (AvgIpc) is 3.13. The van der Waals surface area contributed by atoms with Crippen LogP contribution in [0.5, 0.6) is 0 Å². The van der Waals surface area contributed by atoms with Gasteiger partial charge in [-0.25, -0.2) is 0 Å². The first-order chi connectivity index (χ1) is 9.34. The standard InChI is InChI=1S/C17H21NS/c1-13(14-7-2-3-8-14)18-16-10-5-4-9-15(16)17-11-6-12-19-17/h4-6,9-14,18H,2-3,7-8H2,1H3. The van der Waals surface area contributed by atoms with Gasteiger partial charge < -0.3 is 5.32 Å². The maximum atomic E-state index is 3.75. The van der Waals surface area contributed by atoms with Crippen molar-refractivity contribution >= 4 is 17.0 Å². The van der Waals surface area contributed by atoms with E-state index in [0.717, 1.165) is 5.92 Å². The molecule has 1 heterocycles. The zero-order chi connectivity index (χ0) is 13.1. The van der Waals surface area contributed by atoms with Crippen LogP contribution in [0, 0.1) is 5.92 Å². The Balaban J connectivity index is 1.80. The van der Waals surface area contributed by atoms with Crippen LogP contribution in [0.15, 0.2) is 41.8 Å². The third kappa shape index (κ3) is 2.84. The molecule has 1 atom stereocenters. The summed E-state index contributed by atoms with van der Waals surface area (Å²) in [6, 6.07) is 13.6. The van der Waals surface area contributed by atoms with Gasteiger partial charge in [0.05, 0.1) is 0 Å². The molecule has 1 nitrogen and oxygen atoms in total. The zero-order valence-corrected chi connectivity index (χ0v) is 12.2. The molecule has 1 aromatic heterocycles. The summed E-state index contributed by atoms with van der Waals surface area (Å²) >= 11 is 1.81. The number of para-hydroxylation sites is 1. The molecule has 0 bridgehead atoms. The molecule has 2 aromatic rings. The Labute approximate surface area is 119 Å². The number of hydrogen-bond acceptors (Lipinski definition) is 2. The van der Waals surface area contributed by atoms with E-state index < -0.39 is 0 Å². The monoisotopic (exact) mass is 271 g/mol. The molecular formula is C17H21NS. The van der Waals surface area contributed by atoms with Crippen LogP contribution in [-0.4, -0.2) is 6.04 Å². The van der Waals surface area contributed by atoms with E-state index >= 15 is 0 Å². The van der Waals surface area contributed by atoms with Crippen LogP contribution in [-0.2, 0) is 0 Å². The highest BCUT2D eigenvalue weighted by atomic mass is 32.1. The number of benzene rings is 1. The van der Waals surface area contributed by atoms with E-state index in [1.165, 1.54) is 41.8 Å². The van der Waals surface area contributed by atoms with Crippen LogP contribution in [0.25, 0.3) is 10.4 Å². The SMILES string of the molecule is CC(Nc1ccccc1-c1cccs1)C1CCCC1. The predicted octanol–water partition coefficient (Wildman–Crippen LogP) is 5.41. The fourth-order valence-corrected chi connectivity index (χ4v) is 3.84. The third-order valence-corrected chi connectivity index (χ3v) is 5.11. The number of rotatable bonds is 4. The van der Waals surface area contributed by atoms with Crippen molar-refractivity contribution in [2.75, 3.05) is 5.32 Å². The molecule has 1 aliphatic rings. The molecule has 0 radical (unpaired) electrons. The molecule has 1 aromatic carbocycles. The van der Waals surface area contributed by atoms with Gasteiger partial charge in [-0.15, -0.1) is 11.3 Å². The topological polar surface area (TPSA) is 12.0 Å². The first kappa shape index (κ1) is 12.7. The second-order valence-corrected chi connectivity index (χ2v) is 6.45. The van der Waals surface area contributed by atoms with Gasteiger partial charge in [-0.3, -0.25) is 0 Å². The van der Waals surface area contributed by atoms with Gasteiger partial charge in [-0.2, -0.15) is 0 Å². The quantitative estimate of drug-likeness (QED) is 0.784. The molecule has 3 rings (SSSR count). The van der Waals surface area contributed by atoms with Crippen LogP contribution >= 0.6 is 11.3 Å². The number of nitrogens with one attached hydrogen (secondary N) is 1. The summed E-state index contributed by atoms with van der Waals surface area (Å²) in [4.78, 5) is 1.35. The molecular weight excluding hydrogens is 250 g/mol. The highest BCUT2D eigenvalue weighted by Gasteiger charge is 2.21. The molecule has 1 saturated carbocycles. The smallest absolute Gasteiger partial charge is 0.0430 e. The maximum Gasteiger partial charge on any atom is 0.0430 e. The lowest BCUT2D eigenvalue weighted by atomic mass is 9.99. The summed E-state index contributed by atoms with van der Waals surface area (Å²) < 4.78 is 0. The minimum absolute atomic E-state index is 0.573. The fourth-order valence-electron chi connectivity index (χ4n) is 3.08. The summed E-state index contributed by atoms with van der Waals surface area (Å²) in [5, 5.41) is 5.89. The molecule has 1 unspecified atom stereocenters. The van der Waals surface area contributed by atoms with E-state index in [0.29, 0.717) is 6.04 Å². The zero-order valence-electron chi connectivity index (χ0n) is 11.4. The van der Waals surface area contributed by atoms with E-state index in [4.69, 9.17) is 0 Å². The van der Waals surface area contributed by atoms with Gasteiger partial charge in [0.2, 0.25) is 0 Å². The Hall–Kier alpha value is -1.28. The van der Waals surface area contributed by atoms with Gasteiger partial charge in [-0.05, 0) is 43.2 Å². The van der Waals surface area contributed by atoms with Crippen molar-refractivity contribution in [3.05, 3.63) is 41.8 Å². The molecule has 1 aliphatic carbocycles. The maximum absolute atomic E-state index is 3.75. The van der Waals surface area contributed by atoms with Gasteiger partial charge in [0.15, 0.2) is 0 Å². The van der Waals surface area contributed by atoms with Crippen molar-refractivity contribution in [1.82, 2.24) is 0 Å². The first-order valence-electron chi connectivity index (χ1n) is 7.24. The van der Waals surface area contributed by atoms with Crippen molar-refractivity contribution in [2.45, 2.75) is 38.6 Å². The molecule has 0 amide bonds. The molecule has 0 aliphatic heterocycles. The molecule has 2 heteroatoms. The van der Waals surface area contributed by atoms with Gasteiger partial charge in [-0.1, -0.05) is 37.1 Å². The lowest BCUT2D eigenvalue weighted by molar-refractivity contribution is 0.482. The molecule has 100 valence electrons. The lowest BCUT2D eigenvalue weighted by Crippen LogP contribution is -2.24. The second kappa shape index (κ2) is 5.79. The summed E-state index contributed by atoms with van der Waals surface area (Å²) in [6.45, 7) is 2.33. The Morgan fingerprint density at radius 3 is 2.63 bits per heavy atom. The van der Waals surface area contributed by atoms with Crippen LogP contribution in [0.2, 0.25) is 0 Å². The second-order valence-electron chi connectivity index (χ2n) is 5.50. The highest BCUT2D eigenvalue weighted by molar-refractivity contribution is 7.13. The van der Waals surface area contributed by atoms with Gasteiger partial charge in [0.25, 0.3) is 0 Å². The Kier molecular flexibility index (Phi) is 3.88. The van der Waals surface area contributed by atoms with E-state index in [1.807, 2.05) is 11.3 Å². The molecule has 1 N–H and O–H groups in total. The van der Waals surface area contributed by atoms with Crippen molar-refractivity contribution in [3.8, 4) is 10.4 Å². The van der Waals surface area contributed by atoms with Crippen molar-refractivity contribution in [1.29, 1.82) is 0 Å². The van der Waals surface area contributed by atoms with Crippen LogP contribution in [0.1, 0.15) is 32.6 Å². The molecule has 0 saturated heterocycles. The summed E-state index contributed by atoms with van der Waals surface area (Å²) in [6.07, 6.45) is 5.58. The van der Waals surface area contributed by atoms with Crippen LogP contribution in [0.4, 0.5) is 5.69 Å². The Morgan fingerprint density at radius 1 is 1.11 bits per heavy atom. The van der Waals surface area contributed by atoms with Crippen LogP contribution < -0.4 is 5.32 Å². The molecule has 0 spiro atoms. The fraction of sp³-hybridized carbons (Fsp3) is 0.412. The van der Waals surface area contributed by atoms with Gasteiger partial charge in [0, 0.05) is 22.2 Å². The van der Waals surface area contributed by atoms with E-state index in [2.05, 4.69) is 54.0 Å².